The predicted octanol–water partition coefficient (Wildman–Crippen LogP) is 3.78. The van der Waals surface area contributed by atoms with Crippen molar-refractivity contribution < 1.29 is 9.53 Å². The number of ether oxygens (including phenoxy) is 1. The summed E-state index contributed by atoms with van der Waals surface area (Å²) in [6.45, 7) is 2.24. The highest BCUT2D eigenvalue weighted by molar-refractivity contribution is 6.35. The molecule has 0 spiro atoms. The molecule has 0 aliphatic carbocycles. The Kier molecular flexibility index (Phi) is 4.37. The number of amides is 1. The number of nitrogens with zero attached hydrogens (tertiary/aromatic N) is 3. The van der Waals surface area contributed by atoms with Crippen LogP contribution in [0.2, 0.25) is 10.0 Å². The maximum atomic E-state index is 12.8. The molecule has 3 aromatic rings. The van der Waals surface area contributed by atoms with Crippen LogP contribution in [0.4, 0.5) is 0 Å². The zero-order chi connectivity index (χ0) is 17.4. The summed E-state index contributed by atoms with van der Waals surface area (Å²) in [4.78, 5) is 14.6. The lowest BCUT2D eigenvalue weighted by molar-refractivity contribution is 0.0298. The van der Waals surface area contributed by atoms with E-state index in [0.717, 1.165) is 16.6 Å². The van der Waals surface area contributed by atoms with Crippen molar-refractivity contribution in [3.8, 4) is 11.1 Å². The van der Waals surface area contributed by atoms with Crippen molar-refractivity contribution in [3.05, 3.63) is 58.3 Å². The van der Waals surface area contributed by atoms with Crippen LogP contribution in [-0.4, -0.2) is 46.7 Å². The standard InChI is InChI=1S/C18H15Cl2N3O2/c19-13-8-12(9-14(20)10-13)15-11-16(21-23-3-1-2-17(15)23)18(24)22-4-6-25-7-5-22/h1-3,8-11H,4-7H2. The molecule has 2 aromatic heterocycles. The van der Waals surface area contributed by atoms with Crippen molar-refractivity contribution in [2.24, 2.45) is 0 Å². The van der Waals surface area contributed by atoms with Crippen LogP contribution in [0.1, 0.15) is 10.5 Å². The lowest BCUT2D eigenvalue weighted by Gasteiger charge is -2.26. The topological polar surface area (TPSA) is 46.8 Å². The fraction of sp³-hybridized carbons (Fsp3) is 0.222. The Labute approximate surface area is 154 Å². The largest absolute Gasteiger partial charge is 0.378 e. The Morgan fingerprint density at radius 2 is 1.80 bits per heavy atom. The molecule has 0 radical (unpaired) electrons. The van der Waals surface area contributed by atoms with Gasteiger partial charge in [0.2, 0.25) is 0 Å². The molecule has 0 bridgehead atoms. The van der Waals surface area contributed by atoms with Crippen LogP contribution >= 0.6 is 23.2 Å². The SMILES string of the molecule is O=C(c1cc(-c2cc(Cl)cc(Cl)c2)c2cccn2n1)N1CCOCC1. The van der Waals surface area contributed by atoms with Crippen LogP contribution in [0.15, 0.2) is 42.6 Å². The molecule has 1 aromatic carbocycles. The quantitative estimate of drug-likeness (QED) is 0.684. The summed E-state index contributed by atoms with van der Waals surface area (Å²) < 4.78 is 7.02. The van der Waals surface area contributed by atoms with Crippen LogP contribution in [0, 0.1) is 0 Å². The molecule has 1 aliphatic heterocycles. The van der Waals surface area contributed by atoms with E-state index >= 15 is 0 Å². The molecule has 1 amide bonds. The molecule has 0 atom stereocenters. The van der Waals surface area contributed by atoms with Gasteiger partial charge >= 0.3 is 0 Å². The average Bonchev–Trinajstić information content (AvgIpc) is 3.08. The van der Waals surface area contributed by atoms with Gasteiger partial charge in [0.25, 0.3) is 5.91 Å². The molecule has 1 saturated heterocycles. The van der Waals surface area contributed by atoms with Crippen LogP contribution in [0.5, 0.6) is 0 Å². The highest BCUT2D eigenvalue weighted by Crippen LogP contribution is 2.31. The summed E-state index contributed by atoms with van der Waals surface area (Å²) in [5.74, 6) is -0.103. The van der Waals surface area contributed by atoms with Gasteiger partial charge in [-0.2, -0.15) is 5.10 Å². The van der Waals surface area contributed by atoms with E-state index in [-0.39, 0.29) is 5.91 Å². The molecule has 128 valence electrons. The van der Waals surface area contributed by atoms with E-state index < -0.39 is 0 Å². The number of hydrogen-bond acceptors (Lipinski definition) is 3. The number of morpholine rings is 1. The highest BCUT2D eigenvalue weighted by Gasteiger charge is 2.21. The molecule has 1 aliphatic rings. The van der Waals surface area contributed by atoms with Crippen molar-refractivity contribution >= 4 is 34.6 Å². The van der Waals surface area contributed by atoms with E-state index in [4.69, 9.17) is 27.9 Å². The highest BCUT2D eigenvalue weighted by atomic mass is 35.5. The van der Waals surface area contributed by atoms with Crippen molar-refractivity contribution in [1.29, 1.82) is 0 Å². The minimum Gasteiger partial charge on any atom is -0.378 e. The van der Waals surface area contributed by atoms with Crippen molar-refractivity contribution in [2.45, 2.75) is 0 Å². The summed E-state index contributed by atoms with van der Waals surface area (Å²) in [7, 11) is 0. The third-order valence-electron chi connectivity index (χ3n) is 4.19. The lowest BCUT2D eigenvalue weighted by Crippen LogP contribution is -2.41. The van der Waals surface area contributed by atoms with Crippen molar-refractivity contribution in [1.82, 2.24) is 14.5 Å². The molecule has 3 heterocycles. The maximum Gasteiger partial charge on any atom is 0.274 e. The number of carbonyl (C=O) groups is 1. The van der Waals surface area contributed by atoms with E-state index in [1.54, 1.807) is 21.5 Å². The molecule has 0 saturated carbocycles. The van der Waals surface area contributed by atoms with Gasteiger partial charge in [0.1, 0.15) is 5.69 Å². The summed E-state index contributed by atoms with van der Waals surface area (Å²) in [5, 5.41) is 5.55. The van der Waals surface area contributed by atoms with Gasteiger partial charge in [0.15, 0.2) is 0 Å². The average molecular weight is 376 g/mol. The fourth-order valence-electron chi connectivity index (χ4n) is 3.00. The molecule has 0 unspecified atom stereocenters. The van der Waals surface area contributed by atoms with Gasteiger partial charge in [0.05, 0.1) is 18.7 Å². The smallest absolute Gasteiger partial charge is 0.274 e. The molecular formula is C18H15Cl2N3O2. The Morgan fingerprint density at radius 3 is 2.52 bits per heavy atom. The van der Waals surface area contributed by atoms with Gasteiger partial charge in [-0.15, -0.1) is 0 Å². The maximum absolute atomic E-state index is 12.8. The number of rotatable bonds is 2. The first kappa shape index (κ1) is 16.4. The number of hydrogen-bond donors (Lipinski definition) is 0. The lowest BCUT2D eigenvalue weighted by atomic mass is 10.0. The Hall–Kier alpha value is -2.08. The normalized spacial score (nSPS) is 14.9. The minimum absolute atomic E-state index is 0.103. The number of benzene rings is 1. The minimum atomic E-state index is -0.103. The Bertz CT molecular complexity index is 928. The van der Waals surface area contributed by atoms with Crippen LogP contribution in [-0.2, 0) is 4.74 Å². The monoisotopic (exact) mass is 375 g/mol. The second kappa shape index (κ2) is 6.67. The first-order chi connectivity index (χ1) is 12.1. The van der Waals surface area contributed by atoms with Crippen LogP contribution in [0.3, 0.4) is 0 Å². The summed E-state index contributed by atoms with van der Waals surface area (Å²) in [5.41, 5.74) is 2.98. The van der Waals surface area contributed by atoms with Gasteiger partial charge in [-0.1, -0.05) is 23.2 Å². The van der Waals surface area contributed by atoms with E-state index in [1.165, 1.54) is 0 Å². The van der Waals surface area contributed by atoms with Gasteiger partial charge in [-0.25, -0.2) is 4.52 Å². The van der Waals surface area contributed by atoms with Gasteiger partial charge in [-0.05, 0) is 42.0 Å². The second-order valence-electron chi connectivity index (χ2n) is 5.84. The fourth-order valence-corrected chi connectivity index (χ4v) is 3.53. The molecule has 1 fully saturated rings. The molecule has 0 N–H and O–H groups in total. The zero-order valence-corrected chi connectivity index (χ0v) is 14.8. The van der Waals surface area contributed by atoms with Crippen LogP contribution in [0.25, 0.3) is 16.6 Å². The first-order valence-corrected chi connectivity index (χ1v) is 8.69. The van der Waals surface area contributed by atoms with Crippen LogP contribution < -0.4 is 0 Å². The van der Waals surface area contributed by atoms with E-state index in [1.807, 2.05) is 30.5 Å². The third kappa shape index (κ3) is 3.23. The molecule has 5 nitrogen and oxygen atoms in total. The Morgan fingerprint density at radius 1 is 1.08 bits per heavy atom. The summed E-state index contributed by atoms with van der Waals surface area (Å²) >= 11 is 12.3. The molecule has 7 heteroatoms. The predicted molar refractivity (Wildman–Crippen MR) is 97.4 cm³/mol. The summed E-state index contributed by atoms with van der Waals surface area (Å²) in [6, 6.07) is 11.0. The van der Waals surface area contributed by atoms with Gasteiger partial charge in [-0.3, -0.25) is 4.79 Å². The molecule has 4 rings (SSSR count). The number of halogens is 2. The third-order valence-corrected chi connectivity index (χ3v) is 4.63. The summed E-state index contributed by atoms with van der Waals surface area (Å²) in [6.07, 6.45) is 1.82. The van der Waals surface area contributed by atoms with E-state index in [0.29, 0.717) is 42.0 Å². The number of carbonyl (C=O) groups excluding carboxylic acids is 1. The number of fused-ring (bicyclic) bond motifs is 1. The molecular weight excluding hydrogens is 361 g/mol. The van der Waals surface area contributed by atoms with E-state index in [2.05, 4.69) is 5.10 Å². The molecule has 25 heavy (non-hydrogen) atoms. The zero-order valence-electron chi connectivity index (χ0n) is 13.3. The van der Waals surface area contributed by atoms with Gasteiger partial charge in [0, 0.05) is 34.9 Å². The van der Waals surface area contributed by atoms with Gasteiger partial charge < -0.3 is 9.64 Å². The van der Waals surface area contributed by atoms with E-state index in [9.17, 15) is 4.79 Å². The first-order valence-electron chi connectivity index (χ1n) is 7.94. The van der Waals surface area contributed by atoms with Crippen molar-refractivity contribution in [2.75, 3.05) is 26.3 Å². The van der Waals surface area contributed by atoms with Crippen molar-refractivity contribution in [3.63, 3.8) is 0 Å². The Balaban J connectivity index is 1.83. The number of aromatic nitrogens is 2. The second-order valence-corrected chi connectivity index (χ2v) is 6.72.